The van der Waals surface area contributed by atoms with Crippen LogP contribution in [0.2, 0.25) is 0 Å². The number of hydrogen-bond acceptors (Lipinski definition) is 1. The van der Waals surface area contributed by atoms with E-state index in [2.05, 4.69) is 12.1 Å². The zero-order chi connectivity index (χ0) is 9.31. The molecule has 0 saturated heterocycles. The number of aryl methyl sites for hydroxylation is 1. The van der Waals surface area contributed by atoms with Crippen molar-refractivity contribution in [2.75, 3.05) is 0 Å². The van der Waals surface area contributed by atoms with Crippen molar-refractivity contribution < 1.29 is 6.48 Å². The van der Waals surface area contributed by atoms with Gasteiger partial charge in [-0.25, -0.2) is 0 Å². The van der Waals surface area contributed by atoms with Gasteiger partial charge in [0.25, 0.3) is 0 Å². The number of aliphatic hydroxyl groups is 1. The average molecular weight is 163 g/mol. The zero-order valence-corrected chi connectivity index (χ0v) is 7.03. The highest BCUT2D eigenvalue weighted by Crippen LogP contribution is 2.39. The Hall–Kier alpha value is -0.820. The predicted octanol–water partition coefficient (Wildman–Crippen LogP) is 2.14. The Morgan fingerprint density at radius 2 is 2.08 bits per heavy atom. The summed E-state index contributed by atoms with van der Waals surface area (Å²) in [5.41, 5.74) is 0.575. The third-order valence-electron chi connectivity index (χ3n) is 2.36. The normalized spacial score (nSPS) is 34.4. The standard InChI is InChI=1S/C11H14O/c12-11(8-9-11)7-6-10-4-2-1-3-5-10/h1-5,12H,6-9H2/i8D/t8-,11?/m0/s1. The van der Waals surface area contributed by atoms with E-state index in [1.807, 2.05) is 18.2 Å². The molecule has 1 heteroatoms. The summed E-state index contributed by atoms with van der Waals surface area (Å²) in [7, 11) is 0. The molecule has 1 unspecified atom stereocenters. The van der Waals surface area contributed by atoms with Crippen LogP contribution < -0.4 is 0 Å². The molecule has 0 radical (unpaired) electrons. The number of rotatable bonds is 3. The Morgan fingerprint density at radius 3 is 2.67 bits per heavy atom. The van der Waals surface area contributed by atoms with Gasteiger partial charge in [0.2, 0.25) is 0 Å². The van der Waals surface area contributed by atoms with Crippen LogP contribution in [0.25, 0.3) is 0 Å². The SMILES string of the molecule is [2H][C@H]1CC1(O)CCc1ccccc1. The minimum atomic E-state index is -0.671. The molecular formula is C11H14O. The molecule has 1 aliphatic rings. The molecule has 1 N–H and O–H groups in total. The fourth-order valence-electron chi connectivity index (χ4n) is 1.33. The van der Waals surface area contributed by atoms with Crippen LogP contribution in [0.4, 0.5) is 0 Å². The summed E-state index contributed by atoms with van der Waals surface area (Å²) >= 11 is 0. The van der Waals surface area contributed by atoms with E-state index in [0.29, 0.717) is 6.42 Å². The van der Waals surface area contributed by atoms with Crippen molar-refractivity contribution in [1.82, 2.24) is 0 Å². The first-order valence-corrected chi connectivity index (χ1v) is 4.39. The van der Waals surface area contributed by atoms with Gasteiger partial charge in [-0.15, -0.1) is 0 Å². The van der Waals surface area contributed by atoms with Crippen LogP contribution in [-0.2, 0) is 6.42 Å². The first-order chi connectivity index (χ1) is 6.21. The molecule has 12 heavy (non-hydrogen) atoms. The van der Waals surface area contributed by atoms with E-state index >= 15 is 0 Å². The molecule has 1 aliphatic carbocycles. The van der Waals surface area contributed by atoms with Crippen LogP contribution in [0, 0.1) is 0 Å². The van der Waals surface area contributed by atoms with Gasteiger partial charge in [0.1, 0.15) is 0 Å². The third-order valence-corrected chi connectivity index (χ3v) is 2.36. The van der Waals surface area contributed by atoms with Crippen LogP contribution in [0.3, 0.4) is 0 Å². The van der Waals surface area contributed by atoms with E-state index in [0.717, 1.165) is 12.8 Å². The molecule has 0 heterocycles. The summed E-state index contributed by atoms with van der Waals surface area (Å²) in [6.45, 7) is 0. The molecule has 1 aromatic rings. The van der Waals surface area contributed by atoms with Crippen molar-refractivity contribution in [3.05, 3.63) is 35.9 Å². The van der Waals surface area contributed by atoms with Crippen molar-refractivity contribution in [1.29, 1.82) is 0 Å². The van der Waals surface area contributed by atoms with Crippen LogP contribution >= 0.6 is 0 Å². The fourth-order valence-corrected chi connectivity index (χ4v) is 1.33. The Bertz CT molecular complexity index is 285. The Balaban J connectivity index is 1.87. The van der Waals surface area contributed by atoms with E-state index in [1.165, 1.54) is 5.56 Å². The second-order valence-electron chi connectivity index (χ2n) is 3.50. The second-order valence-corrected chi connectivity index (χ2v) is 3.50. The van der Waals surface area contributed by atoms with Gasteiger partial charge in [-0.1, -0.05) is 30.3 Å². The molecule has 1 fully saturated rings. The Morgan fingerprint density at radius 1 is 1.42 bits per heavy atom. The van der Waals surface area contributed by atoms with Crippen molar-refractivity contribution in [2.45, 2.75) is 31.3 Å². The lowest BCUT2D eigenvalue weighted by atomic mass is 10.1. The van der Waals surface area contributed by atoms with Gasteiger partial charge < -0.3 is 5.11 Å². The topological polar surface area (TPSA) is 20.2 Å². The molecule has 0 bridgehead atoms. The summed E-state index contributed by atoms with van der Waals surface area (Å²) in [6.07, 6.45) is 2.02. The van der Waals surface area contributed by atoms with Crippen LogP contribution in [0.15, 0.2) is 30.3 Å². The van der Waals surface area contributed by atoms with E-state index in [9.17, 15) is 5.11 Å². The minimum Gasteiger partial charge on any atom is -0.390 e. The zero-order valence-electron chi connectivity index (χ0n) is 8.03. The summed E-state index contributed by atoms with van der Waals surface area (Å²) in [5.74, 6) is 0. The van der Waals surface area contributed by atoms with Crippen LogP contribution in [0.1, 0.15) is 26.2 Å². The molecule has 2 rings (SSSR count). The average Bonchev–Trinajstić information content (AvgIpc) is 2.74. The molecule has 1 aromatic carbocycles. The quantitative estimate of drug-likeness (QED) is 0.723. The molecule has 0 amide bonds. The maximum atomic E-state index is 9.67. The van der Waals surface area contributed by atoms with Gasteiger partial charge in [-0.3, -0.25) is 0 Å². The van der Waals surface area contributed by atoms with Crippen LogP contribution in [0.5, 0.6) is 0 Å². The predicted molar refractivity (Wildman–Crippen MR) is 48.9 cm³/mol. The van der Waals surface area contributed by atoms with E-state index in [1.54, 1.807) is 0 Å². The van der Waals surface area contributed by atoms with Gasteiger partial charge in [0.05, 0.1) is 5.60 Å². The lowest BCUT2D eigenvalue weighted by molar-refractivity contribution is 0.140. The van der Waals surface area contributed by atoms with Crippen molar-refractivity contribution >= 4 is 0 Å². The molecule has 0 spiro atoms. The highest BCUT2D eigenvalue weighted by molar-refractivity contribution is 5.15. The molecule has 1 saturated carbocycles. The van der Waals surface area contributed by atoms with Gasteiger partial charge in [-0.2, -0.15) is 0 Å². The minimum absolute atomic E-state index is 0.240. The van der Waals surface area contributed by atoms with Gasteiger partial charge in [0.15, 0.2) is 0 Å². The monoisotopic (exact) mass is 163 g/mol. The third kappa shape index (κ3) is 1.86. The summed E-state index contributed by atoms with van der Waals surface area (Å²) in [4.78, 5) is 0. The lowest BCUT2D eigenvalue weighted by Crippen LogP contribution is -2.07. The summed E-state index contributed by atoms with van der Waals surface area (Å²) < 4.78 is 7.36. The molecule has 64 valence electrons. The van der Waals surface area contributed by atoms with Gasteiger partial charge in [-0.05, 0) is 31.2 Å². The second kappa shape index (κ2) is 2.91. The lowest BCUT2D eigenvalue weighted by Gasteiger charge is -2.06. The summed E-state index contributed by atoms with van der Waals surface area (Å²) in [5, 5.41) is 9.67. The largest absolute Gasteiger partial charge is 0.390 e. The van der Waals surface area contributed by atoms with E-state index < -0.39 is 5.60 Å². The Kier molecular flexibility index (Phi) is 1.62. The van der Waals surface area contributed by atoms with Crippen LogP contribution in [-0.4, -0.2) is 10.7 Å². The fraction of sp³-hybridized carbons (Fsp3) is 0.455. The first kappa shape index (κ1) is 6.67. The molecular weight excluding hydrogens is 148 g/mol. The summed E-state index contributed by atoms with van der Waals surface area (Å²) in [6, 6.07) is 10.1. The maximum absolute atomic E-state index is 9.67. The molecule has 0 aromatic heterocycles. The highest BCUT2D eigenvalue weighted by atomic mass is 16.3. The smallest absolute Gasteiger partial charge is 0.0653 e. The van der Waals surface area contributed by atoms with E-state index in [-0.39, 0.29) is 6.40 Å². The van der Waals surface area contributed by atoms with Crippen molar-refractivity contribution in [2.24, 2.45) is 0 Å². The van der Waals surface area contributed by atoms with Gasteiger partial charge >= 0.3 is 0 Å². The maximum Gasteiger partial charge on any atom is 0.0653 e. The highest BCUT2D eigenvalue weighted by Gasteiger charge is 2.39. The first-order valence-electron chi connectivity index (χ1n) is 4.97. The van der Waals surface area contributed by atoms with E-state index in [4.69, 9.17) is 1.37 Å². The number of hydrogen-bond donors (Lipinski definition) is 1. The Labute approximate surface area is 74.4 Å². The number of benzene rings is 1. The molecule has 0 aliphatic heterocycles. The molecule has 1 nitrogen and oxygen atoms in total. The van der Waals surface area contributed by atoms with Crippen molar-refractivity contribution in [3.8, 4) is 0 Å². The van der Waals surface area contributed by atoms with Crippen molar-refractivity contribution in [3.63, 3.8) is 0 Å². The van der Waals surface area contributed by atoms with Gasteiger partial charge in [0, 0.05) is 1.37 Å². The molecule has 2 atom stereocenters.